The number of nitrogens with two attached hydrogens (primary N) is 4. The summed E-state index contributed by atoms with van der Waals surface area (Å²) in [5, 5.41) is 12.5. The highest BCUT2D eigenvalue weighted by Crippen LogP contribution is 2.60. The zero-order chi connectivity index (χ0) is 94.2. The number of anilines is 8. The van der Waals surface area contributed by atoms with Crippen LogP contribution < -0.4 is 82.7 Å². The van der Waals surface area contributed by atoms with Gasteiger partial charge in [0.2, 0.25) is 0 Å². The van der Waals surface area contributed by atoms with Gasteiger partial charge in [0.25, 0.3) is 0 Å². The average Bonchev–Trinajstić information content (AvgIpc) is 1.55. The Morgan fingerprint density at radius 1 is 0.338 bits per heavy atom. The Hall–Kier alpha value is -15.4. The van der Waals surface area contributed by atoms with Gasteiger partial charge < -0.3 is 82.7 Å². The standard InChI is InChI=1S/3C26H24FN7O.C25H22FN7O/c2*1-29-19-8-14(27)7-17-16(19)10-21-23(17)24(34-6-4-26(13-34)11-22(26)28)33-25(32-21)35-15-9-20-18(31-12-15)3-2-5-30-20;1-29-21-7-14(27)6-17-16(21)9-23-24(17)25(34-11-13-5-19(28)18(13)12-34)33-26(32-23)35-15-8-22-20(31-10-15)3-2-4-30-22;1-28-18-6-13(26)5-16-15(18)8-20-22(16)23(33-11-25(12-33)9-21(25)27)32-24(31-20)34-14-7-19-17(30-10-14)3-2-4-29-19/h2*2-3,5,7-9,12,22,29H,4,6,10-11,13,28H2,1H3;2-4,6-8,10,13,18-19,29H,5,9,11-12,28H2,1H3;2-7,10,21,28H,8-9,11-12,27H2,1H3/t22-,26?;22-,26-;13-,18?,19-;/m101./s1. The molecule has 8 atom stereocenters. The fourth-order valence-electron chi connectivity index (χ4n) is 22.3. The van der Waals surface area contributed by atoms with Gasteiger partial charge in [0, 0.05) is 241 Å². The largest absolute Gasteiger partial charge is 0.423 e. The van der Waals surface area contributed by atoms with Gasteiger partial charge in [-0.15, -0.1) is 0 Å². The molecule has 4 saturated heterocycles. The molecule has 16 heterocycles. The molecule has 4 aromatic carbocycles. The Labute approximate surface area is 793 Å². The summed E-state index contributed by atoms with van der Waals surface area (Å²) < 4.78 is 82.5. The molecule has 28 rings (SSSR count). The molecule has 8 fully saturated rings. The number of pyridine rings is 8. The molecular formula is C103H94F4N28O4. The lowest BCUT2D eigenvalue weighted by Crippen LogP contribution is -2.52. The van der Waals surface area contributed by atoms with Gasteiger partial charge in [-0.25, -0.2) is 17.6 Å². The van der Waals surface area contributed by atoms with Crippen molar-refractivity contribution in [1.29, 1.82) is 0 Å². The Balaban J connectivity index is 0.0000000980. The van der Waals surface area contributed by atoms with Crippen LogP contribution in [0.25, 0.3) is 88.6 Å². The van der Waals surface area contributed by atoms with Crippen molar-refractivity contribution in [1.82, 2.24) is 79.7 Å². The molecule has 0 radical (unpaired) electrons. The molecule has 12 aromatic heterocycles. The minimum Gasteiger partial charge on any atom is -0.423 e. The van der Waals surface area contributed by atoms with Crippen molar-refractivity contribution in [3.63, 3.8) is 0 Å². The number of hydrogen-bond acceptors (Lipinski definition) is 32. The fraction of sp³-hybridized carbons (Fsp3) is 0.301. The predicted molar refractivity (Wildman–Crippen MR) is 520 cm³/mol. The van der Waals surface area contributed by atoms with Crippen LogP contribution in [0, 0.1) is 51.3 Å². The van der Waals surface area contributed by atoms with Crippen LogP contribution in [0.4, 0.5) is 63.6 Å². The van der Waals surface area contributed by atoms with E-state index in [1.807, 2.05) is 72.8 Å². The summed E-state index contributed by atoms with van der Waals surface area (Å²) in [4.78, 5) is 82.6. The Bertz CT molecular complexity index is 7300. The zero-order valence-electron chi connectivity index (χ0n) is 76.3. The Kier molecular flexibility index (Phi) is 20.2. The van der Waals surface area contributed by atoms with Crippen molar-refractivity contribution in [3.8, 4) is 91.5 Å². The molecular weight excluding hydrogens is 1770 g/mol. The molecule has 16 aromatic rings. The minimum atomic E-state index is -0.291. The number of benzene rings is 4. The molecule has 3 spiro atoms. The third-order valence-corrected chi connectivity index (χ3v) is 30.1. The predicted octanol–water partition coefficient (Wildman–Crippen LogP) is 15.0. The Morgan fingerprint density at radius 2 is 0.626 bits per heavy atom. The van der Waals surface area contributed by atoms with Crippen LogP contribution in [0.3, 0.4) is 0 Å². The fourth-order valence-corrected chi connectivity index (χ4v) is 22.3. The first-order valence-electron chi connectivity index (χ1n) is 46.9. The normalized spacial score (nSPS) is 21.2. The van der Waals surface area contributed by atoms with Crippen LogP contribution in [-0.4, -0.2) is 184 Å². The van der Waals surface area contributed by atoms with E-state index in [4.69, 9.17) is 81.8 Å². The summed E-state index contributed by atoms with van der Waals surface area (Å²) in [5.74, 6) is 5.04. The zero-order valence-corrected chi connectivity index (χ0v) is 76.3. The number of nitrogens with zero attached hydrogens (tertiary/aromatic N) is 20. The maximum atomic E-state index is 14.5. The van der Waals surface area contributed by atoms with Crippen LogP contribution in [0.1, 0.15) is 83.6 Å². The van der Waals surface area contributed by atoms with Crippen molar-refractivity contribution >= 4 is 90.2 Å². The summed E-state index contributed by atoms with van der Waals surface area (Å²) in [5.41, 5.74) is 48.9. The van der Waals surface area contributed by atoms with Gasteiger partial charge >= 0.3 is 24.0 Å². The van der Waals surface area contributed by atoms with E-state index < -0.39 is 0 Å². The maximum Gasteiger partial charge on any atom is 0.324 e. The van der Waals surface area contributed by atoms with E-state index in [1.54, 1.807) is 102 Å². The highest BCUT2D eigenvalue weighted by atomic mass is 19.1. The van der Waals surface area contributed by atoms with Crippen LogP contribution in [0.2, 0.25) is 0 Å². The van der Waals surface area contributed by atoms with Crippen molar-refractivity contribution < 1.29 is 36.5 Å². The first kappa shape index (κ1) is 85.3. The van der Waals surface area contributed by atoms with Crippen LogP contribution in [0.5, 0.6) is 47.0 Å². The first-order valence-corrected chi connectivity index (χ1v) is 46.9. The van der Waals surface area contributed by atoms with Gasteiger partial charge in [0.1, 0.15) is 46.5 Å². The lowest BCUT2D eigenvalue weighted by atomic mass is 9.72. The van der Waals surface area contributed by atoms with Gasteiger partial charge in [-0.05, 0) is 192 Å². The number of ether oxygens (including phenoxy) is 4. The molecule has 139 heavy (non-hydrogen) atoms. The first-order chi connectivity index (χ1) is 67.6. The highest BCUT2D eigenvalue weighted by molar-refractivity contribution is 5.93. The average molecular weight is 1860 g/mol. The summed E-state index contributed by atoms with van der Waals surface area (Å²) >= 11 is 0. The minimum absolute atomic E-state index is 0.159. The lowest BCUT2D eigenvalue weighted by Gasteiger charge is -2.42. The van der Waals surface area contributed by atoms with E-state index in [9.17, 15) is 17.6 Å². The smallest absolute Gasteiger partial charge is 0.324 e. The number of aromatic nitrogens is 16. The van der Waals surface area contributed by atoms with E-state index in [0.29, 0.717) is 60.5 Å². The molecule has 4 saturated carbocycles. The van der Waals surface area contributed by atoms with Gasteiger partial charge in [0.05, 0.1) is 91.7 Å². The maximum absolute atomic E-state index is 14.5. The number of rotatable bonds is 16. The van der Waals surface area contributed by atoms with Crippen molar-refractivity contribution in [2.75, 3.05) is 121 Å². The molecule has 4 aliphatic heterocycles. The molecule has 12 aliphatic rings. The molecule has 12 N–H and O–H groups in total. The van der Waals surface area contributed by atoms with Gasteiger partial charge in [0.15, 0.2) is 23.0 Å². The number of halogens is 4. The molecule has 36 heteroatoms. The molecule has 698 valence electrons. The van der Waals surface area contributed by atoms with E-state index in [1.165, 1.54) is 24.3 Å². The van der Waals surface area contributed by atoms with Crippen LogP contribution >= 0.6 is 0 Å². The monoisotopic (exact) mass is 1860 g/mol. The van der Waals surface area contributed by atoms with E-state index >= 15 is 0 Å². The third kappa shape index (κ3) is 15.1. The van der Waals surface area contributed by atoms with Crippen molar-refractivity contribution in [3.05, 3.63) is 239 Å². The van der Waals surface area contributed by atoms with E-state index in [-0.39, 0.29) is 87.7 Å². The Morgan fingerprint density at radius 3 is 0.899 bits per heavy atom. The number of fused-ring (bicyclic) bond motifs is 17. The molecule has 3 unspecified atom stereocenters. The van der Waals surface area contributed by atoms with Crippen molar-refractivity contribution in [2.45, 2.75) is 88.4 Å². The summed E-state index contributed by atoms with van der Waals surface area (Å²) in [7, 11) is 7.21. The third-order valence-electron chi connectivity index (χ3n) is 30.1. The highest BCUT2D eigenvalue weighted by Gasteiger charge is 2.61. The second-order valence-corrected chi connectivity index (χ2v) is 38.4. The molecule has 0 amide bonds. The second kappa shape index (κ2) is 32.9. The van der Waals surface area contributed by atoms with Crippen LogP contribution in [-0.2, 0) is 25.7 Å². The van der Waals surface area contributed by atoms with E-state index in [2.05, 4.69) is 80.7 Å². The topological polar surface area (TPSA) is 408 Å². The second-order valence-electron chi connectivity index (χ2n) is 38.4. The van der Waals surface area contributed by atoms with Crippen LogP contribution in [0.15, 0.2) is 171 Å². The SMILES string of the molecule is CNc1cc(F)cc2c1Cc1nc(Oc3cnc4cccnc4c3)nc(N3CC4(CC4N)C3)c1-2.CNc1cc(F)cc2c1Cc1nc(Oc3cnc4cccnc4c3)nc(N3CC4[C@H](C[C@H]4N)C3)c1-2.CNc1cc(F)cc2c1Cc1nc(Oc3cnc4cccnc4c3)nc(N3CCC4(C[C@H]4N)C3)c1-2.CNc1cc(F)cc2c1Cc1nc(Oc3cnc4cccnc4c3)nc(N3CC[C@]4(C[C@@H]4N)C3)c1-2. The summed E-state index contributed by atoms with van der Waals surface area (Å²) in [6.07, 6.45) is 22.0. The molecule has 8 aliphatic carbocycles. The molecule has 0 bridgehead atoms. The van der Waals surface area contributed by atoms with Gasteiger partial charge in [-0.2, -0.15) is 39.9 Å². The number of hydrogen-bond donors (Lipinski definition) is 8. The van der Waals surface area contributed by atoms with Gasteiger partial charge in [-0.1, -0.05) is 0 Å². The summed E-state index contributed by atoms with van der Waals surface area (Å²) in [6, 6.07) is 36.6. The van der Waals surface area contributed by atoms with Gasteiger partial charge in [-0.3, -0.25) is 39.9 Å². The van der Waals surface area contributed by atoms with Crippen molar-refractivity contribution in [2.24, 2.45) is 51.0 Å². The quantitative estimate of drug-likeness (QED) is 0.0416. The lowest BCUT2D eigenvalue weighted by molar-refractivity contribution is 0.194. The van der Waals surface area contributed by atoms with E-state index in [0.717, 1.165) is 271 Å². The number of nitrogens with one attached hydrogen (secondary N) is 4. The summed E-state index contributed by atoms with van der Waals surface area (Å²) in [6.45, 7) is 6.75. The molecule has 32 nitrogen and oxygen atoms in total.